The van der Waals surface area contributed by atoms with E-state index in [1.165, 1.54) is 0 Å². The van der Waals surface area contributed by atoms with Crippen molar-refractivity contribution in [1.82, 2.24) is 9.62 Å². The molecule has 1 unspecified atom stereocenters. The Bertz CT molecular complexity index is 649. The predicted octanol–water partition coefficient (Wildman–Crippen LogP) is 0.590. The van der Waals surface area contributed by atoms with Crippen molar-refractivity contribution < 1.29 is 21.6 Å². The number of rotatable bonds is 2. The fourth-order valence-electron chi connectivity index (χ4n) is 1.98. The topological polar surface area (TPSA) is 73.2 Å². The molecule has 9 heteroatoms. The minimum Gasteiger partial charge on any atom is -0.313 e. The highest BCUT2D eigenvalue weighted by Gasteiger charge is 2.37. The van der Waals surface area contributed by atoms with E-state index >= 15 is 0 Å². The Hall–Kier alpha value is -1.63. The third-order valence-corrected chi connectivity index (χ3v) is 4.83. The molecule has 1 aliphatic rings. The number of halogens is 3. The van der Waals surface area contributed by atoms with E-state index in [1.54, 1.807) is 6.07 Å². The van der Waals surface area contributed by atoms with Crippen LogP contribution in [-0.2, 0) is 10.0 Å². The highest BCUT2D eigenvalue weighted by Crippen LogP contribution is 2.25. The molecule has 0 amide bonds. The largest absolute Gasteiger partial charge is 0.313 e. The van der Waals surface area contributed by atoms with Crippen molar-refractivity contribution >= 4 is 10.0 Å². The summed E-state index contributed by atoms with van der Waals surface area (Å²) in [6.07, 6.45) is 0. The van der Waals surface area contributed by atoms with E-state index in [2.05, 4.69) is 5.32 Å². The van der Waals surface area contributed by atoms with Crippen molar-refractivity contribution in [2.24, 2.45) is 0 Å². The Morgan fingerprint density at radius 2 is 1.90 bits per heavy atom. The zero-order valence-corrected chi connectivity index (χ0v) is 10.9. The summed E-state index contributed by atoms with van der Waals surface area (Å²) in [5.41, 5.74) is 0. The molecule has 1 saturated heterocycles. The fraction of sp³-hybridized carbons (Fsp3) is 0.364. The van der Waals surface area contributed by atoms with Crippen LogP contribution in [0.15, 0.2) is 17.0 Å². The average Bonchev–Trinajstić information content (AvgIpc) is 2.37. The summed E-state index contributed by atoms with van der Waals surface area (Å²) in [4.78, 5) is -1.24. The van der Waals surface area contributed by atoms with Crippen molar-refractivity contribution in [2.75, 3.05) is 19.6 Å². The molecule has 1 heterocycles. The lowest BCUT2D eigenvalue weighted by Gasteiger charge is -2.31. The maximum absolute atomic E-state index is 13.6. The van der Waals surface area contributed by atoms with Gasteiger partial charge in [0.2, 0.25) is 10.0 Å². The summed E-state index contributed by atoms with van der Waals surface area (Å²) in [6, 6.07) is 1.26. The summed E-state index contributed by atoms with van der Waals surface area (Å²) < 4.78 is 65.3. The van der Waals surface area contributed by atoms with Gasteiger partial charge in [0.15, 0.2) is 4.90 Å². The third-order valence-electron chi connectivity index (χ3n) is 2.87. The van der Waals surface area contributed by atoms with E-state index in [1.807, 2.05) is 0 Å². The highest BCUT2D eigenvalue weighted by atomic mass is 32.2. The number of nitrogens with zero attached hydrogens (tertiary/aromatic N) is 2. The van der Waals surface area contributed by atoms with E-state index in [4.69, 9.17) is 5.26 Å². The van der Waals surface area contributed by atoms with Crippen LogP contribution >= 0.6 is 0 Å². The van der Waals surface area contributed by atoms with Gasteiger partial charge in [-0.1, -0.05) is 0 Å². The van der Waals surface area contributed by atoms with E-state index in [9.17, 15) is 21.6 Å². The quantitative estimate of drug-likeness (QED) is 0.868. The van der Waals surface area contributed by atoms with Gasteiger partial charge in [0.25, 0.3) is 0 Å². The number of sulfonamides is 1. The van der Waals surface area contributed by atoms with Crippen LogP contribution in [0.2, 0.25) is 0 Å². The second-order valence-corrected chi connectivity index (χ2v) is 5.99. The molecule has 2 rings (SSSR count). The number of piperazine rings is 1. The SMILES string of the molecule is N#CC1CNCCN1S(=O)(=O)c1c(F)cc(F)cc1F. The molecule has 1 atom stereocenters. The third kappa shape index (κ3) is 2.49. The van der Waals surface area contributed by atoms with Crippen LogP contribution < -0.4 is 5.32 Å². The molecule has 0 spiro atoms. The summed E-state index contributed by atoms with van der Waals surface area (Å²) in [5.74, 6) is -4.24. The Balaban J connectivity index is 2.53. The van der Waals surface area contributed by atoms with Crippen molar-refractivity contribution in [3.8, 4) is 6.07 Å². The minimum absolute atomic E-state index is 0.0557. The van der Waals surface area contributed by atoms with Gasteiger partial charge in [-0.3, -0.25) is 0 Å². The Kier molecular flexibility index (Phi) is 3.99. The smallest absolute Gasteiger partial charge is 0.250 e. The molecule has 108 valence electrons. The number of benzene rings is 1. The molecule has 0 saturated carbocycles. The van der Waals surface area contributed by atoms with Crippen molar-refractivity contribution in [1.29, 1.82) is 5.26 Å². The molecule has 0 aromatic heterocycles. The lowest BCUT2D eigenvalue weighted by molar-refractivity contribution is 0.308. The molecule has 1 aromatic rings. The first-order valence-electron chi connectivity index (χ1n) is 5.64. The second-order valence-electron chi connectivity index (χ2n) is 4.16. The highest BCUT2D eigenvalue weighted by molar-refractivity contribution is 7.89. The first-order valence-corrected chi connectivity index (χ1v) is 7.08. The van der Waals surface area contributed by atoms with Gasteiger partial charge in [-0.25, -0.2) is 21.6 Å². The molecule has 1 aliphatic heterocycles. The number of hydrogen-bond acceptors (Lipinski definition) is 4. The summed E-state index contributed by atoms with van der Waals surface area (Å²) in [7, 11) is -4.55. The van der Waals surface area contributed by atoms with E-state index in [0.717, 1.165) is 0 Å². The first kappa shape index (κ1) is 14.8. The summed E-state index contributed by atoms with van der Waals surface area (Å²) >= 11 is 0. The van der Waals surface area contributed by atoms with Crippen LogP contribution in [0.25, 0.3) is 0 Å². The van der Waals surface area contributed by atoms with Crippen molar-refractivity contribution in [2.45, 2.75) is 10.9 Å². The van der Waals surface area contributed by atoms with E-state index in [-0.39, 0.29) is 19.6 Å². The van der Waals surface area contributed by atoms with Crippen LogP contribution in [0, 0.1) is 28.8 Å². The minimum atomic E-state index is -4.55. The summed E-state index contributed by atoms with van der Waals surface area (Å²) in [6.45, 7) is 0.207. The fourth-order valence-corrected chi connectivity index (χ4v) is 3.61. The molecule has 1 fully saturated rings. The molecular formula is C11H10F3N3O2S. The molecule has 1 N–H and O–H groups in total. The maximum Gasteiger partial charge on any atom is 0.250 e. The van der Waals surface area contributed by atoms with Crippen LogP contribution in [0.3, 0.4) is 0 Å². The molecule has 0 radical (unpaired) electrons. The van der Waals surface area contributed by atoms with Crippen LogP contribution in [0.4, 0.5) is 13.2 Å². The van der Waals surface area contributed by atoms with Gasteiger partial charge in [0.1, 0.15) is 23.5 Å². The lowest BCUT2D eigenvalue weighted by Crippen LogP contribution is -2.53. The summed E-state index contributed by atoms with van der Waals surface area (Å²) in [5, 5.41) is 11.7. The lowest BCUT2D eigenvalue weighted by atomic mass is 10.3. The molecular weight excluding hydrogens is 295 g/mol. The van der Waals surface area contributed by atoms with Gasteiger partial charge in [-0.15, -0.1) is 0 Å². The van der Waals surface area contributed by atoms with Gasteiger partial charge in [-0.2, -0.15) is 9.57 Å². The normalized spacial score (nSPS) is 20.6. The van der Waals surface area contributed by atoms with Gasteiger partial charge in [0, 0.05) is 31.8 Å². The molecule has 0 bridgehead atoms. The van der Waals surface area contributed by atoms with Crippen molar-refractivity contribution in [3.63, 3.8) is 0 Å². The molecule has 0 aliphatic carbocycles. The second kappa shape index (κ2) is 5.40. The number of nitrogens with one attached hydrogen (secondary N) is 1. The van der Waals surface area contributed by atoms with Crippen LogP contribution in [-0.4, -0.2) is 38.4 Å². The average molecular weight is 305 g/mol. The monoisotopic (exact) mass is 305 g/mol. The van der Waals surface area contributed by atoms with Crippen molar-refractivity contribution in [3.05, 3.63) is 29.6 Å². The Morgan fingerprint density at radius 3 is 2.45 bits per heavy atom. The van der Waals surface area contributed by atoms with Gasteiger partial charge < -0.3 is 5.32 Å². The van der Waals surface area contributed by atoms with Gasteiger partial charge in [-0.05, 0) is 0 Å². The van der Waals surface area contributed by atoms with E-state index < -0.39 is 38.4 Å². The zero-order valence-electron chi connectivity index (χ0n) is 10.1. The number of hydrogen-bond donors (Lipinski definition) is 1. The Labute approximate surface area is 113 Å². The maximum atomic E-state index is 13.6. The first-order chi connectivity index (χ1) is 9.37. The number of nitriles is 1. The predicted molar refractivity (Wildman–Crippen MR) is 62.5 cm³/mol. The molecule has 20 heavy (non-hydrogen) atoms. The van der Waals surface area contributed by atoms with Gasteiger partial charge in [0.05, 0.1) is 6.07 Å². The molecule has 1 aromatic carbocycles. The Morgan fingerprint density at radius 1 is 1.30 bits per heavy atom. The van der Waals surface area contributed by atoms with Gasteiger partial charge >= 0.3 is 0 Å². The molecule has 5 nitrogen and oxygen atoms in total. The van der Waals surface area contributed by atoms with E-state index in [0.29, 0.717) is 16.4 Å². The standard InChI is InChI=1S/C11H10F3N3O2S/c12-7-3-9(13)11(10(14)4-7)20(18,19)17-2-1-16-6-8(17)5-15/h3-4,8,16H,1-2,6H2. The zero-order chi connectivity index (χ0) is 14.9. The van der Waals surface area contributed by atoms with Crippen LogP contribution in [0.1, 0.15) is 0 Å². The van der Waals surface area contributed by atoms with Crippen LogP contribution in [0.5, 0.6) is 0 Å².